The SMILES string of the molecule is CC(C)CCC(C)Nc1ccc(C(=O)OC(C)C)cc1. The molecule has 0 aromatic heterocycles. The Morgan fingerprint density at radius 2 is 1.65 bits per heavy atom. The van der Waals surface area contributed by atoms with Crippen molar-refractivity contribution < 1.29 is 9.53 Å². The Morgan fingerprint density at radius 1 is 1.05 bits per heavy atom. The molecule has 0 saturated heterocycles. The molecule has 20 heavy (non-hydrogen) atoms. The fraction of sp³-hybridized carbons (Fsp3) is 0.588. The third-order valence-electron chi connectivity index (χ3n) is 3.05. The number of anilines is 1. The highest BCUT2D eigenvalue weighted by atomic mass is 16.5. The molecule has 0 heterocycles. The standard InChI is InChI=1S/C17H27NO2/c1-12(2)6-7-14(5)18-16-10-8-15(9-11-16)17(19)20-13(3)4/h8-14,18H,6-7H2,1-5H3. The fourth-order valence-electron chi connectivity index (χ4n) is 1.92. The predicted octanol–water partition coefficient (Wildman–Crippen LogP) is 4.49. The minimum absolute atomic E-state index is 0.0867. The third-order valence-corrected chi connectivity index (χ3v) is 3.05. The summed E-state index contributed by atoms with van der Waals surface area (Å²) in [4.78, 5) is 11.7. The lowest BCUT2D eigenvalue weighted by Crippen LogP contribution is -2.16. The van der Waals surface area contributed by atoms with E-state index in [1.54, 1.807) is 0 Å². The molecule has 0 amide bonds. The minimum atomic E-state index is -0.264. The van der Waals surface area contributed by atoms with Gasteiger partial charge in [-0.05, 0) is 63.8 Å². The van der Waals surface area contributed by atoms with Gasteiger partial charge in [0, 0.05) is 11.7 Å². The molecule has 0 aliphatic heterocycles. The molecule has 0 spiro atoms. The van der Waals surface area contributed by atoms with E-state index in [0.29, 0.717) is 11.6 Å². The molecule has 0 saturated carbocycles. The van der Waals surface area contributed by atoms with Gasteiger partial charge in [-0.15, -0.1) is 0 Å². The fourth-order valence-corrected chi connectivity index (χ4v) is 1.92. The van der Waals surface area contributed by atoms with Gasteiger partial charge in [0.1, 0.15) is 0 Å². The number of benzene rings is 1. The zero-order chi connectivity index (χ0) is 15.1. The Hall–Kier alpha value is -1.51. The number of carbonyl (C=O) groups excluding carboxylic acids is 1. The summed E-state index contributed by atoms with van der Waals surface area (Å²) in [7, 11) is 0. The van der Waals surface area contributed by atoms with Crippen molar-refractivity contribution in [1.29, 1.82) is 0 Å². The highest BCUT2D eigenvalue weighted by Crippen LogP contribution is 2.15. The van der Waals surface area contributed by atoms with Crippen LogP contribution in [0.15, 0.2) is 24.3 Å². The number of rotatable bonds is 7. The van der Waals surface area contributed by atoms with Gasteiger partial charge in [-0.3, -0.25) is 0 Å². The van der Waals surface area contributed by atoms with Crippen LogP contribution in [0.25, 0.3) is 0 Å². The summed E-state index contributed by atoms with van der Waals surface area (Å²) in [5.41, 5.74) is 1.64. The summed E-state index contributed by atoms with van der Waals surface area (Å²) < 4.78 is 5.16. The van der Waals surface area contributed by atoms with Gasteiger partial charge in [0.15, 0.2) is 0 Å². The first-order valence-corrected chi connectivity index (χ1v) is 7.46. The second-order valence-corrected chi connectivity index (χ2v) is 6.05. The van der Waals surface area contributed by atoms with Crippen LogP contribution >= 0.6 is 0 Å². The van der Waals surface area contributed by atoms with Crippen LogP contribution in [0.3, 0.4) is 0 Å². The average Bonchev–Trinajstić information content (AvgIpc) is 2.36. The molecule has 1 unspecified atom stereocenters. The number of ether oxygens (including phenoxy) is 1. The normalized spacial score (nSPS) is 12.6. The van der Waals surface area contributed by atoms with Gasteiger partial charge in [0.05, 0.1) is 11.7 Å². The molecule has 3 nitrogen and oxygen atoms in total. The molecule has 0 aliphatic carbocycles. The number of esters is 1. The van der Waals surface area contributed by atoms with E-state index in [-0.39, 0.29) is 12.1 Å². The molecule has 0 bridgehead atoms. The van der Waals surface area contributed by atoms with Crippen molar-refractivity contribution in [2.24, 2.45) is 5.92 Å². The number of nitrogens with one attached hydrogen (secondary N) is 1. The second kappa shape index (κ2) is 7.93. The van der Waals surface area contributed by atoms with Crippen LogP contribution < -0.4 is 5.32 Å². The molecule has 0 aliphatic rings. The van der Waals surface area contributed by atoms with Crippen molar-refractivity contribution >= 4 is 11.7 Å². The monoisotopic (exact) mass is 277 g/mol. The van der Waals surface area contributed by atoms with E-state index < -0.39 is 0 Å². The van der Waals surface area contributed by atoms with E-state index in [1.807, 2.05) is 38.1 Å². The zero-order valence-corrected chi connectivity index (χ0v) is 13.3. The van der Waals surface area contributed by atoms with E-state index in [9.17, 15) is 4.79 Å². The zero-order valence-electron chi connectivity index (χ0n) is 13.3. The first-order chi connectivity index (χ1) is 9.38. The molecule has 1 aromatic carbocycles. The van der Waals surface area contributed by atoms with Gasteiger partial charge in [0.2, 0.25) is 0 Å². The van der Waals surface area contributed by atoms with Crippen LogP contribution in [0.5, 0.6) is 0 Å². The van der Waals surface area contributed by atoms with Crippen LogP contribution in [0.4, 0.5) is 5.69 Å². The van der Waals surface area contributed by atoms with Crippen molar-refractivity contribution in [1.82, 2.24) is 0 Å². The van der Waals surface area contributed by atoms with E-state index in [0.717, 1.165) is 18.0 Å². The van der Waals surface area contributed by atoms with Crippen molar-refractivity contribution in [3.05, 3.63) is 29.8 Å². The van der Waals surface area contributed by atoms with Crippen LogP contribution in [0.2, 0.25) is 0 Å². The molecular weight excluding hydrogens is 250 g/mol. The third kappa shape index (κ3) is 6.09. The van der Waals surface area contributed by atoms with Crippen LogP contribution in [0, 0.1) is 5.92 Å². The Kier molecular flexibility index (Phi) is 6.56. The maximum atomic E-state index is 11.7. The summed E-state index contributed by atoms with van der Waals surface area (Å²) in [6, 6.07) is 7.92. The largest absolute Gasteiger partial charge is 0.459 e. The molecule has 0 radical (unpaired) electrons. The first kappa shape index (κ1) is 16.5. The summed E-state index contributed by atoms with van der Waals surface area (Å²) in [5, 5.41) is 3.45. The molecule has 1 atom stereocenters. The smallest absolute Gasteiger partial charge is 0.338 e. The lowest BCUT2D eigenvalue weighted by Gasteiger charge is -2.16. The van der Waals surface area contributed by atoms with E-state index in [1.165, 1.54) is 6.42 Å². The second-order valence-electron chi connectivity index (χ2n) is 6.05. The van der Waals surface area contributed by atoms with Crippen molar-refractivity contribution in [2.75, 3.05) is 5.32 Å². The Bertz CT molecular complexity index is 410. The van der Waals surface area contributed by atoms with Gasteiger partial charge in [0.25, 0.3) is 0 Å². The Labute approximate surface area is 122 Å². The molecule has 1 aromatic rings. The summed E-state index contributed by atoms with van der Waals surface area (Å²) in [5.74, 6) is 0.465. The van der Waals surface area contributed by atoms with E-state index in [2.05, 4.69) is 26.1 Å². The molecule has 3 heteroatoms. The first-order valence-electron chi connectivity index (χ1n) is 7.46. The average molecular weight is 277 g/mol. The van der Waals surface area contributed by atoms with Crippen molar-refractivity contribution in [2.45, 2.75) is 59.6 Å². The molecule has 1 N–H and O–H groups in total. The van der Waals surface area contributed by atoms with Gasteiger partial charge in [-0.1, -0.05) is 13.8 Å². The minimum Gasteiger partial charge on any atom is -0.459 e. The summed E-state index contributed by atoms with van der Waals surface area (Å²) >= 11 is 0. The topological polar surface area (TPSA) is 38.3 Å². The predicted molar refractivity (Wildman–Crippen MR) is 84.2 cm³/mol. The molecule has 0 fully saturated rings. The molecular formula is C17H27NO2. The van der Waals surface area contributed by atoms with Crippen LogP contribution in [-0.2, 0) is 4.74 Å². The van der Waals surface area contributed by atoms with Gasteiger partial charge < -0.3 is 10.1 Å². The van der Waals surface area contributed by atoms with Crippen LogP contribution in [0.1, 0.15) is 57.8 Å². The van der Waals surface area contributed by atoms with Crippen molar-refractivity contribution in [3.63, 3.8) is 0 Å². The van der Waals surface area contributed by atoms with E-state index >= 15 is 0 Å². The number of hydrogen-bond donors (Lipinski definition) is 1. The van der Waals surface area contributed by atoms with Crippen LogP contribution in [-0.4, -0.2) is 18.1 Å². The highest BCUT2D eigenvalue weighted by Gasteiger charge is 2.09. The molecule has 112 valence electrons. The lowest BCUT2D eigenvalue weighted by atomic mass is 10.0. The molecule has 1 rings (SSSR count). The maximum Gasteiger partial charge on any atom is 0.338 e. The van der Waals surface area contributed by atoms with E-state index in [4.69, 9.17) is 4.74 Å². The van der Waals surface area contributed by atoms with Gasteiger partial charge in [-0.25, -0.2) is 4.79 Å². The Morgan fingerprint density at radius 3 is 2.15 bits per heavy atom. The van der Waals surface area contributed by atoms with Gasteiger partial charge in [-0.2, -0.15) is 0 Å². The van der Waals surface area contributed by atoms with Crippen molar-refractivity contribution in [3.8, 4) is 0 Å². The van der Waals surface area contributed by atoms with Gasteiger partial charge >= 0.3 is 5.97 Å². The lowest BCUT2D eigenvalue weighted by molar-refractivity contribution is 0.0378. The maximum absolute atomic E-state index is 11.7. The quantitative estimate of drug-likeness (QED) is 0.746. The summed E-state index contributed by atoms with van der Waals surface area (Å²) in [6.45, 7) is 10.4. The summed E-state index contributed by atoms with van der Waals surface area (Å²) in [6.07, 6.45) is 2.28. The Balaban J connectivity index is 2.52. The number of hydrogen-bond acceptors (Lipinski definition) is 3. The number of carbonyl (C=O) groups is 1. The highest BCUT2D eigenvalue weighted by molar-refractivity contribution is 5.89.